The molecular weight excluding hydrogens is 400 g/mol. The molecule has 0 aromatic heterocycles. The zero-order valence-electron chi connectivity index (χ0n) is 17.3. The van der Waals surface area contributed by atoms with E-state index in [4.69, 9.17) is 14.2 Å². The first-order valence-electron chi connectivity index (χ1n) is 10.3. The summed E-state index contributed by atoms with van der Waals surface area (Å²) in [5.41, 5.74) is 1.75. The molecule has 0 radical (unpaired) electrons. The molecule has 1 N–H and O–H groups in total. The average Bonchev–Trinajstić information content (AvgIpc) is 3.35. The van der Waals surface area contributed by atoms with Crippen LogP contribution in [0.1, 0.15) is 42.1 Å². The summed E-state index contributed by atoms with van der Waals surface area (Å²) in [4.78, 5) is 38.5. The molecule has 2 aliphatic heterocycles. The van der Waals surface area contributed by atoms with Gasteiger partial charge in [0.05, 0.1) is 30.3 Å². The number of benzene rings is 2. The van der Waals surface area contributed by atoms with Gasteiger partial charge in [0.25, 0.3) is 5.91 Å². The molecule has 2 aromatic carbocycles. The summed E-state index contributed by atoms with van der Waals surface area (Å²) in [6.07, 6.45) is 1.82. The van der Waals surface area contributed by atoms with E-state index in [0.29, 0.717) is 35.9 Å². The highest BCUT2D eigenvalue weighted by molar-refractivity contribution is 6.22. The van der Waals surface area contributed by atoms with Gasteiger partial charge in [0.1, 0.15) is 0 Å². The second-order valence-corrected chi connectivity index (χ2v) is 7.43. The molecule has 0 saturated carbocycles. The van der Waals surface area contributed by atoms with Crippen LogP contribution in [0.4, 0.5) is 5.69 Å². The highest BCUT2D eigenvalue weighted by Gasteiger charge is 2.39. The Bertz CT molecular complexity index is 988. The molecule has 0 bridgehead atoms. The van der Waals surface area contributed by atoms with Crippen LogP contribution in [-0.4, -0.2) is 37.2 Å². The van der Waals surface area contributed by atoms with Crippen molar-refractivity contribution in [2.75, 3.05) is 18.3 Å². The van der Waals surface area contributed by atoms with Crippen LogP contribution in [0.15, 0.2) is 42.5 Å². The molecule has 0 unspecified atom stereocenters. The summed E-state index contributed by atoms with van der Waals surface area (Å²) in [5, 5.41) is 3.14. The lowest BCUT2D eigenvalue weighted by atomic mass is 10.1. The Balaban J connectivity index is 1.37. The highest BCUT2D eigenvalue weighted by Crippen LogP contribution is 2.32. The third-order valence-electron chi connectivity index (χ3n) is 5.23. The van der Waals surface area contributed by atoms with Crippen LogP contribution in [0.5, 0.6) is 11.5 Å². The van der Waals surface area contributed by atoms with Crippen LogP contribution >= 0.6 is 0 Å². The molecule has 2 heterocycles. The third-order valence-corrected chi connectivity index (χ3v) is 5.23. The number of fused-ring (bicyclic) bond motifs is 1. The van der Waals surface area contributed by atoms with E-state index in [2.05, 4.69) is 5.32 Å². The summed E-state index contributed by atoms with van der Waals surface area (Å²) in [5.74, 6) is 0.348. The Labute approximate surface area is 180 Å². The minimum Gasteiger partial charge on any atom is -0.462 e. The van der Waals surface area contributed by atoms with Crippen molar-refractivity contribution in [3.8, 4) is 11.5 Å². The second-order valence-electron chi connectivity index (χ2n) is 7.43. The number of rotatable bonds is 8. The Morgan fingerprint density at radius 3 is 2.68 bits per heavy atom. The monoisotopic (exact) mass is 424 g/mol. The molecule has 162 valence electrons. The van der Waals surface area contributed by atoms with Gasteiger partial charge in [-0.1, -0.05) is 19.4 Å². The minimum atomic E-state index is -0.614. The van der Waals surface area contributed by atoms with Crippen molar-refractivity contribution in [1.29, 1.82) is 0 Å². The van der Waals surface area contributed by atoms with E-state index in [9.17, 15) is 14.4 Å². The predicted octanol–water partition coefficient (Wildman–Crippen LogP) is 2.79. The summed E-state index contributed by atoms with van der Waals surface area (Å²) >= 11 is 0. The third kappa shape index (κ3) is 4.54. The molecule has 8 heteroatoms. The van der Waals surface area contributed by atoms with Crippen LogP contribution in [0.2, 0.25) is 0 Å². The fourth-order valence-electron chi connectivity index (χ4n) is 3.49. The summed E-state index contributed by atoms with van der Waals surface area (Å²) in [6, 6.07) is 11.3. The van der Waals surface area contributed by atoms with E-state index >= 15 is 0 Å². The summed E-state index contributed by atoms with van der Waals surface area (Å²) < 4.78 is 15.8. The normalized spacial score (nSPS) is 17.3. The average molecular weight is 424 g/mol. The molecule has 1 atom stereocenters. The molecule has 2 amide bonds. The molecular formula is C23H24N2O6. The Kier molecular flexibility index (Phi) is 6.18. The summed E-state index contributed by atoms with van der Waals surface area (Å²) in [7, 11) is 0. The van der Waals surface area contributed by atoms with Crippen LogP contribution in [0.25, 0.3) is 0 Å². The van der Waals surface area contributed by atoms with Crippen molar-refractivity contribution >= 4 is 23.5 Å². The second kappa shape index (κ2) is 9.18. The summed E-state index contributed by atoms with van der Waals surface area (Å²) in [6.45, 7) is 3.00. The quantitative estimate of drug-likeness (QED) is 0.396. The number of ether oxygens (including phenoxy) is 3. The Hall–Kier alpha value is -3.39. The zero-order valence-corrected chi connectivity index (χ0v) is 17.3. The van der Waals surface area contributed by atoms with Crippen molar-refractivity contribution in [1.82, 2.24) is 5.32 Å². The van der Waals surface area contributed by atoms with Gasteiger partial charge >= 0.3 is 5.97 Å². The van der Waals surface area contributed by atoms with E-state index in [1.807, 2.05) is 25.1 Å². The fraction of sp³-hybridized carbons (Fsp3) is 0.348. The van der Waals surface area contributed by atoms with Crippen molar-refractivity contribution < 1.29 is 28.6 Å². The van der Waals surface area contributed by atoms with E-state index < -0.39 is 12.0 Å². The first-order chi connectivity index (χ1) is 15.1. The number of nitrogens with zero attached hydrogens (tertiary/aromatic N) is 1. The number of esters is 1. The van der Waals surface area contributed by atoms with Crippen molar-refractivity contribution in [3.63, 3.8) is 0 Å². The van der Waals surface area contributed by atoms with E-state index in [1.54, 1.807) is 24.3 Å². The van der Waals surface area contributed by atoms with Gasteiger partial charge in [-0.15, -0.1) is 0 Å². The van der Waals surface area contributed by atoms with Crippen LogP contribution in [-0.2, 0) is 20.9 Å². The lowest BCUT2D eigenvalue weighted by molar-refractivity contribution is -0.121. The number of hydrogen-bond acceptors (Lipinski definition) is 7. The number of carbonyl (C=O) groups is 3. The smallest absolute Gasteiger partial charge is 0.338 e. The topological polar surface area (TPSA) is 94.2 Å². The molecule has 1 fully saturated rings. The first kappa shape index (κ1) is 20.9. The van der Waals surface area contributed by atoms with Gasteiger partial charge in [-0.3, -0.25) is 9.59 Å². The number of imide groups is 1. The van der Waals surface area contributed by atoms with Gasteiger partial charge in [-0.2, -0.15) is 0 Å². The van der Waals surface area contributed by atoms with E-state index in [-0.39, 0.29) is 25.0 Å². The molecule has 8 nitrogen and oxygen atoms in total. The van der Waals surface area contributed by atoms with E-state index in [1.165, 1.54) is 0 Å². The standard InChI is InChI=1S/C23H24N2O6/c1-2-3-10-29-23(28)16-5-7-17(8-6-16)25-21(26)12-18(22(25)27)24-13-15-4-9-19-20(11-15)31-14-30-19/h4-9,11,18,24H,2-3,10,12-14H2,1H3/t18-/m1/s1. The number of amides is 2. The maximum atomic E-state index is 12.8. The molecule has 2 aromatic rings. The van der Waals surface area contributed by atoms with Crippen molar-refractivity contribution in [2.24, 2.45) is 0 Å². The molecule has 0 spiro atoms. The SMILES string of the molecule is CCCCOC(=O)c1ccc(N2C(=O)C[C@@H](NCc3ccc4c(c3)OCO4)C2=O)cc1. The number of anilines is 1. The number of carbonyl (C=O) groups excluding carboxylic acids is 3. The van der Waals surface area contributed by atoms with E-state index in [0.717, 1.165) is 23.3 Å². The lowest BCUT2D eigenvalue weighted by Crippen LogP contribution is -2.38. The van der Waals surface area contributed by atoms with Crippen LogP contribution < -0.4 is 19.7 Å². The predicted molar refractivity (Wildman–Crippen MR) is 112 cm³/mol. The van der Waals surface area contributed by atoms with Gasteiger partial charge in [0.15, 0.2) is 11.5 Å². The zero-order chi connectivity index (χ0) is 21.8. The van der Waals surface area contributed by atoms with Crippen molar-refractivity contribution in [3.05, 3.63) is 53.6 Å². The van der Waals surface area contributed by atoms with Gasteiger partial charge < -0.3 is 19.5 Å². The maximum Gasteiger partial charge on any atom is 0.338 e. The number of hydrogen-bond donors (Lipinski definition) is 1. The van der Waals surface area contributed by atoms with Gasteiger partial charge in [0, 0.05) is 6.54 Å². The van der Waals surface area contributed by atoms with Gasteiger partial charge in [-0.25, -0.2) is 9.69 Å². The van der Waals surface area contributed by atoms with Crippen molar-refractivity contribution in [2.45, 2.75) is 38.8 Å². The lowest BCUT2D eigenvalue weighted by Gasteiger charge is -2.16. The van der Waals surface area contributed by atoms with Crippen LogP contribution in [0.3, 0.4) is 0 Å². The largest absolute Gasteiger partial charge is 0.462 e. The van der Waals surface area contributed by atoms with Gasteiger partial charge in [-0.05, 0) is 48.4 Å². The fourth-order valence-corrected chi connectivity index (χ4v) is 3.49. The molecule has 31 heavy (non-hydrogen) atoms. The van der Waals surface area contributed by atoms with Gasteiger partial charge in [0.2, 0.25) is 12.7 Å². The minimum absolute atomic E-state index is 0.0736. The molecule has 4 rings (SSSR count). The molecule has 2 aliphatic rings. The highest BCUT2D eigenvalue weighted by atomic mass is 16.7. The van der Waals surface area contributed by atoms with Crippen LogP contribution in [0, 0.1) is 0 Å². The first-order valence-corrected chi connectivity index (χ1v) is 10.3. The number of unbranched alkanes of at least 4 members (excludes halogenated alkanes) is 1. The Morgan fingerprint density at radius 2 is 1.90 bits per heavy atom. The number of nitrogens with one attached hydrogen (secondary N) is 1. The maximum absolute atomic E-state index is 12.8. The molecule has 1 saturated heterocycles. The molecule has 0 aliphatic carbocycles. The Morgan fingerprint density at radius 1 is 1.13 bits per heavy atom.